The number of nitrogens with one attached hydrogen (secondary N) is 1. The summed E-state index contributed by atoms with van der Waals surface area (Å²) in [5.74, 6) is 1.22. The molecular weight excluding hydrogens is 274 g/mol. The van der Waals surface area contributed by atoms with E-state index in [-0.39, 0.29) is 0 Å². The van der Waals surface area contributed by atoms with Crippen LogP contribution < -0.4 is 11.1 Å². The van der Waals surface area contributed by atoms with Crippen molar-refractivity contribution in [3.63, 3.8) is 0 Å². The van der Waals surface area contributed by atoms with Crippen molar-refractivity contribution in [1.82, 2.24) is 15.1 Å². The zero-order valence-corrected chi connectivity index (χ0v) is 14.6. The van der Waals surface area contributed by atoms with E-state index in [4.69, 9.17) is 5.73 Å². The summed E-state index contributed by atoms with van der Waals surface area (Å²) in [4.78, 5) is 9.65. The van der Waals surface area contributed by atoms with E-state index in [1.54, 1.807) is 0 Å². The van der Waals surface area contributed by atoms with Crippen molar-refractivity contribution in [3.8, 4) is 0 Å². The van der Waals surface area contributed by atoms with Gasteiger partial charge in [0.05, 0.1) is 0 Å². The predicted octanol–water partition coefficient (Wildman–Crippen LogP) is 1.50. The number of hydrogen-bond donors (Lipinski definition) is 2. The highest BCUT2D eigenvalue weighted by Crippen LogP contribution is 2.17. The molecule has 5 nitrogen and oxygen atoms in total. The van der Waals surface area contributed by atoms with Crippen LogP contribution in [0.25, 0.3) is 0 Å². The maximum Gasteiger partial charge on any atom is 0.188 e. The molecule has 0 bridgehead atoms. The van der Waals surface area contributed by atoms with Crippen LogP contribution in [0.3, 0.4) is 0 Å². The van der Waals surface area contributed by atoms with Crippen LogP contribution in [0.15, 0.2) is 4.99 Å². The Bertz CT molecular complexity index is 330. The highest BCUT2D eigenvalue weighted by molar-refractivity contribution is 5.78. The van der Waals surface area contributed by atoms with Crippen molar-refractivity contribution in [2.75, 3.05) is 45.8 Å². The second-order valence-corrected chi connectivity index (χ2v) is 7.05. The van der Waals surface area contributed by atoms with Crippen LogP contribution >= 0.6 is 0 Å². The van der Waals surface area contributed by atoms with Gasteiger partial charge in [0.1, 0.15) is 0 Å². The number of aliphatic imine (C=N–C) groups is 1. The topological polar surface area (TPSA) is 56.9 Å². The summed E-state index contributed by atoms with van der Waals surface area (Å²) >= 11 is 0. The Morgan fingerprint density at radius 3 is 2.41 bits per heavy atom. The number of guanidine groups is 1. The third kappa shape index (κ3) is 6.13. The van der Waals surface area contributed by atoms with Gasteiger partial charge < -0.3 is 20.9 Å². The van der Waals surface area contributed by atoms with Crippen LogP contribution in [0.4, 0.5) is 0 Å². The minimum Gasteiger partial charge on any atom is -0.370 e. The maximum atomic E-state index is 6.04. The van der Waals surface area contributed by atoms with E-state index in [2.05, 4.69) is 34.0 Å². The molecule has 1 atom stereocenters. The van der Waals surface area contributed by atoms with Gasteiger partial charge in [0, 0.05) is 45.3 Å². The second-order valence-electron chi connectivity index (χ2n) is 7.05. The molecule has 2 fully saturated rings. The van der Waals surface area contributed by atoms with Gasteiger partial charge in [-0.2, -0.15) is 0 Å². The molecule has 5 heteroatoms. The smallest absolute Gasteiger partial charge is 0.188 e. The Morgan fingerprint density at radius 2 is 1.77 bits per heavy atom. The quantitative estimate of drug-likeness (QED) is 0.577. The Morgan fingerprint density at radius 1 is 1.14 bits per heavy atom. The van der Waals surface area contributed by atoms with E-state index in [1.165, 1.54) is 64.8 Å². The molecule has 0 amide bonds. The Kier molecular flexibility index (Phi) is 7.46. The predicted molar refractivity (Wildman–Crippen MR) is 94.2 cm³/mol. The lowest BCUT2D eigenvalue weighted by atomic mass is 9.96. The summed E-state index contributed by atoms with van der Waals surface area (Å²) in [7, 11) is 0. The summed E-state index contributed by atoms with van der Waals surface area (Å²) in [5, 5.41) is 3.40. The molecule has 1 unspecified atom stereocenters. The fourth-order valence-electron chi connectivity index (χ4n) is 3.54. The Hall–Kier alpha value is -0.810. The number of nitrogens with two attached hydrogens (primary N) is 1. The zero-order valence-electron chi connectivity index (χ0n) is 14.6. The van der Waals surface area contributed by atoms with Crippen molar-refractivity contribution in [1.29, 1.82) is 0 Å². The van der Waals surface area contributed by atoms with Gasteiger partial charge in [-0.25, -0.2) is 0 Å². The van der Waals surface area contributed by atoms with E-state index >= 15 is 0 Å². The molecule has 1 aliphatic heterocycles. The molecule has 1 saturated heterocycles. The zero-order chi connectivity index (χ0) is 15.8. The average Bonchev–Trinajstić information content (AvgIpc) is 2.55. The van der Waals surface area contributed by atoms with Crippen molar-refractivity contribution < 1.29 is 0 Å². The normalized spacial score (nSPS) is 24.4. The average molecular weight is 310 g/mol. The lowest BCUT2D eigenvalue weighted by Gasteiger charge is -2.35. The molecule has 0 aromatic heterocycles. The lowest BCUT2D eigenvalue weighted by Crippen LogP contribution is -2.47. The van der Waals surface area contributed by atoms with Gasteiger partial charge in [-0.15, -0.1) is 0 Å². The summed E-state index contributed by atoms with van der Waals surface area (Å²) in [6.07, 6.45) is 6.51. The first-order valence-electron chi connectivity index (χ1n) is 9.18. The number of nitrogens with zero attached hydrogens (tertiary/aromatic N) is 3. The molecule has 1 heterocycles. The summed E-state index contributed by atoms with van der Waals surface area (Å²) in [6.45, 7) is 12.5. The van der Waals surface area contributed by atoms with Gasteiger partial charge >= 0.3 is 0 Å². The van der Waals surface area contributed by atoms with Gasteiger partial charge in [0.15, 0.2) is 5.96 Å². The fraction of sp³-hybridized carbons (Fsp3) is 0.941. The summed E-state index contributed by atoms with van der Waals surface area (Å²) < 4.78 is 0. The molecule has 0 spiro atoms. The molecule has 0 aromatic carbocycles. The van der Waals surface area contributed by atoms with E-state index in [0.717, 1.165) is 13.1 Å². The van der Waals surface area contributed by atoms with Crippen LogP contribution in [0, 0.1) is 5.92 Å². The van der Waals surface area contributed by atoms with Crippen LogP contribution in [0.2, 0.25) is 0 Å². The standard InChI is InChI=1S/C17H35N5/c1-3-21-9-11-22(12-10-21)14-15(2)13-19-17(18)20-16-7-5-4-6-8-16/h15-16H,3-14H2,1-2H3,(H3,18,19,20). The third-order valence-corrected chi connectivity index (χ3v) is 5.01. The van der Waals surface area contributed by atoms with Crippen LogP contribution in [0.5, 0.6) is 0 Å². The van der Waals surface area contributed by atoms with Gasteiger partial charge in [-0.3, -0.25) is 4.99 Å². The summed E-state index contributed by atoms with van der Waals surface area (Å²) in [6, 6.07) is 0.551. The molecule has 128 valence electrons. The van der Waals surface area contributed by atoms with E-state index in [0.29, 0.717) is 17.9 Å². The molecule has 3 N–H and O–H groups in total. The first-order chi connectivity index (χ1) is 10.7. The van der Waals surface area contributed by atoms with Gasteiger partial charge in [0.2, 0.25) is 0 Å². The minimum atomic E-state index is 0.551. The minimum absolute atomic E-state index is 0.551. The second kappa shape index (κ2) is 9.36. The monoisotopic (exact) mass is 309 g/mol. The van der Waals surface area contributed by atoms with Crippen LogP contribution in [-0.2, 0) is 0 Å². The van der Waals surface area contributed by atoms with Crippen molar-refractivity contribution in [2.24, 2.45) is 16.6 Å². The van der Waals surface area contributed by atoms with E-state index < -0.39 is 0 Å². The molecule has 1 aliphatic carbocycles. The van der Waals surface area contributed by atoms with E-state index in [9.17, 15) is 0 Å². The first kappa shape index (κ1) is 17.5. The van der Waals surface area contributed by atoms with Crippen molar-refractivity contribution >= 4 is 5.96 Å². The van der Waals surface area contributed by atoms with E-state index in [1.807, 2.05) is 0 Å². The highest BCUT2D eigenvalue weighted by Gasteiger charge is 2.17. The molecule has 1 saturated carbocycles. The molecule has 22 heavy (non-hydrogen) atoms. The number of hydrogen-bond acceptors (Lipinski definition) is 3. The SMILES string of the molecule is CCN1CCN(CC(C)CN=C(N)NC2CCCCC2)CC1. The fourth-order valence-corrected chi connectivity index (χ4v) is 3.54. The molecular formula is C17H35N5. The van der Waals surface area contributed by atoms with Gasteiger partial charge in [0.25, 0.3) is 0 Å². The maximum absolute atomic E-state index is 6.04. The Labute approximate surface area is 136 Å². The first-order valence-corrected chi connectivity index (χ1v) is 9.18. The van der Waals surface area contributed by atoms with Gasteiger partial charge in [-0.1, -0.05) is 33.1 Å². The highest BCUT2D eigenvalue weighted by atomic mass is 15.3. The molecule has 0 radical (unpaired) electrons. The van der Waals surface area contributed by atoms with Crippen molar-refractivity contribution in [2.45, 2.75) is 52.0 Å². The number of rotatable bonds is 6. The lowest BCUT2D eigenvalue weighted by molar-refractivity contribution is 0.125. The van der Waals surface area contributed by atoms with Gasteiger partial charge in [-0.05, 0) is 25.3 Å². The Balaban J connectivity index is 1.63. The van der Waals surface area contributed by atoms with Crippen molar-refractivity contribution in [3.05, 3.63) is 0 Å². The summed E-state index contributed by atoms with van der Waals surface area (Å²) in [5.41, 5.74) is 6.04. The third-order valence-electron chi connectivity index (χ3n) is 5.01. The van der Waals surface area contributed by atoms with Crippen LogP contribution in [0.1, 0.15) is 46.0 Å². The van der Waals surface area contributed by atoms with Crippen LogP contribution in [-0.4, -0.2) is 67.6 Å². The molecule has 2 aliphatic rings. The largest absolute Gasteiger partial charge is 0.370 e. The number of likely N-dealkylation sites (N-methyl/N-ethyl adjacent to an activating group) is 1. The molecule has 2 rings (SSSR count). The molecule has 0 aromatic rings. The number of piperazine rings is 1.